The van der Waals surface area contributed by atoms with Gasteiger partial charge in [-0.05, 0) is 32.4 Å². The number of nitrogens with zero attached hydrogens (tertiary/aromatic N) is 3. The quantitative estimate of drug-likeness (QED) is 0.888. The van der Waals surface area contributed by atoms with E-state index in [2.05, 4.69) is 10.4 Å². The van der Waals surface area contributed by atoms with Crippen molar-refractivity contribution in [1.29, 1.82) is 0 Å². The van der Waals surface area contributed by atoms with Gasteiger partial charge in [-0.1, -0.05) is 6.07 Å². The molecule has 23 heavy (non-hydrogen) atoms. The summed E-state index contributed by atoms with van der Waals surface area (Å²) in [6, 6.07) is 3.91. The second-order valence-electron chi connectivity index (χ2n) is 6.09. The molecule has 126 valence electrons. The van der Waals surface area contributed by atoms with Crippen LogP contribution in [-0.4, -0.2) is 29.9 Å². The molecule has 2 rings (SSSR count). The lowest BCUT2D eigenvalue weighted by Crippen LogP contribution is -2.29. The number of nitrogens with one attached hydrogen (secondary N) is 1. The van der Waals surface area contributed by atoms with Crippen molar-refractivity contribution in [3.8, 4) is 0 Å². The van der Waals surface area contributed by atoms with E-state index in [0.29, 0.717) is 13.0 Å². The summed E-state index contributed by atoms with van der Waals surface area (Å²) in [5.74, 6) is 0.0367. The second kappa shape index (κ2) is 7.08. The molecule has 0 amide bonds. The van der Waals surface area contributed by atoms with E-state index in [1.165, 1.54) is 18.2 Å². The van der Waals surface area contributed by atoms with Gasteiger partial charge in [0.05, 0.1) is 5.69 Å². The van der Waals surface area contributed by atoms with Gasteiger partial charge in [0.25, 0.3) is 0 Å². The van der Waals surface area contributed by atoms with Gasteiger partial charge >= 0.3 is 0 Å². The molecule has 1 heterocycles. The van der Waals surface area contributed by atoms with Gasteiger partial charge in [-0.25, -0.2) is 8.78 Å². The van der Waals surface area contributed by atoms with Gasteiger partial charge in [-0.2, -0.15) is 5.10 Å². The predicted molar refractivity (Wildman–Crippen MR) is 88.6 cm³/mol. The summed E-state index contributed by atoms with van der Waals surface area (Å²) in [6.07, 6.45) is 0.301. The van der Waals surface area contributed by atoms with Crippen molar-refractivity contribution in [2.75, 3.05) is 19.0 Å². The number of aryl methyl sites for hydroxylation is 2. The minimum atomic E-state index is -0.495. The smallest absolute Gasteiger partial charge is 0.130 e. The molecule has 4 nitrogen and oxygen atoms in total. The zero-order valence-corrected chi connectivity index (χ0v) is 14.3. The highest BCUT2D eigenvalue weighted by molar-refractivity contribution is 5.48. The number of hydrogen-bond acceptors (Lipinski definition) is 3. The Hall–Kier alpha value is -1.95. The van der Waals surface area contributed by atoms with Crippen LogP contribution in [-0.2, 0) is 20.0 Å². The van der Waals surface area contributed by atoms with Crippen LogP contribution in [0.4, 0.5) is 14.6 Å². The SMILES string of the molecule is Cc1nn(C)c(N(C)C)c1CN[C@@H](C)Cc1c(F)cccc1F. The molecule has 0 saturated heterocycles. The highest BCUT2D eigenvalue weighted by Gasteiger charge is 2.17. The summed E-state index contributed by atoms with van der Waals surface area (Å²) in [5.41, 5.74) is 2.18. The van der Waals surface area contributed by atoms with Crippen LogP contribution in [0, 0.1) is 18.6 Å². The van der Waals surface area contributed by atoms with E-state index in [1.54, 1.807) is 0 Å². The molecular formula is C17H24F2N4. The van der Waals surface area contributed by atoms with Gasteiger partial charge in [0, 0.05) is 44.9 Å². The standard InChI is InChI=1S/C17H24F2N4/c1-11(9-13-15(18)7-6-8-16(13)19)20-10-14-12(2)21-23(5)17(14)22(3)4/h6-8,11,20H,9-10H2,1-5H3/t11-/m0/s1. The third kappa shape index (κ3) is 3.88. The fraction of sp³-hybridized carbons (Fsp3) is 0.471. The summed E-state index contributed by atoms with van der Waals surface area (Å²) < 4.78 is 29.3. The van der Waals surface area contributed by atoms with E-state index in [1.807, 2.05) is 44.6 Å². The van der Waals surface area contributed by atoms with Gasteiger partial charge in [-0.15, -0.1) is 0 Å². The van der Waals surface area contributed by atoms with Crippen molar-refractivity contribution in [2.24, 2.45) is 7.05 Å². The van der Waals surface area contributed by atoms with Crippen LogP contribution in [0.3, 0.4) is 0 Å². The van der Waals surface area contributed by atoms with Gasteiger partial charge in [0.15, 0.2) is 0 Å². The number of halogens is 2. The number of anilines is 1. The van der Waals surface area contributed by atoms with Crippen LogP contribution in [0.25, 0.3) is 0 Å². The summed E-state index contributed by atoms with van der Waals surface area (Å²) in [7, 11) is 5.85. The second-order valence-corrected chi connectivity index (χ2v) is 6.09. The minimum absolute atomic E-state index is 0.0592. The van der Waals surface area contributed by atoms with Crippen LogP contribution in [0.5, 0.6) is 0 Å². The fourth-order valence-corrected chi connectivity index (χ4v) is 2.84. The molecule has 6 heteroatoms. The molecule has 1 aromatic heterocycles. The first-order valence-corrected chi connectivity index (χ1v) is 7.67. The predicted octanol–water partition coefficient (Wildman–Crippen LogP) is 2.79. The largest absolute Gasteiger partial charge is 0.363 e. The van der Waals surface area contributed by atoms with E-state index < -0.39 is 11.6 Å². The molecule has 1 N–H and O–H groups in total. The Kier molecular flexibility index (Phi) is 5.36. The molecule has 1 aromatic carbocycles. The Morgan fingerprint density at radius 3 is 2.39 bits per heavy atom. The third-order valence-corrected chi connectivity index (χ3v) is 3.94. The van der Waals surface area contributed by atoms with Crippen LogP contribution in [0.15, 0.2) is 18.2 Å². The average Bonchev–Trinajstić information content (AvgIpc) is 2.75. The summed E-state index contributed by atoms with van der Waals surface area (Å²) in [4.78, 5) is 2.01. The maximum Gasteiger partial charge on any atom is 0.130 e. The lowest BCUT2D eigenvalue weighted by molar-refractivity contribution is 0.499. The number of benzene rings is 1. The third-order valence-electron chi connectivity index (χ3n) is 3.94. The van der Waals surface area contributed by atoms with Crippen LogP contribution >= 0.6 is 0 Å². The van der Waals surface area contributed by atoms with E-state index in [0.717, 1.165) is 17.1 Å². The summed E-state index contributed by atoms with van der Waals surface area (Å²) in [5, 5.41) is 7.78. The number of rotatable bonds is 6. The first-order valence-electron chi connectivity index (χ1n) is 7.67. The highest BCUT2D eigenvalue weighted by Crippen LogP contribution is 2.21. The van der Waals surface area contributed by atoms with Crippen molar-refractivity contribution in [3.05, 3.63) is 46.7 Å². The average molecular weight is 322 g/mol. The molecule has 0 spiro atoms. The Bertz CT molecular complexity index is 659. The van der Waals surface area contributed by atoms with Gasteiger partial charge in [0.2, 0.25) is 0 Å². The van der Waals surface area contributed by atoms with Gasteiger partial charge < -0.3 is 10.2 Å². The minimum Gasteiger partial charge on any atom is -0.363 e. The zero-order valence-electron chi connectivity index (χ0n) is 14.3. The van der Waals surface area contributed by atoms with E-state index in [9.17, 15) is 8.78 Å². The van der Waals surface area contributed by atoms with Crippen LogP contribution in [0.2, 0.25) is 0 Å². The van der Waals surface area contributed by atoms with Crippen molar-refractivity contribution >= 4 is 5.82 Å². The van der Waals surface area contributed by atoms with E-state index in [-0.39, 0.29) is 11.6 Å². The maximum absolute atomic E-state index is 13.7. The lowest BCUT2D eigenvalue weighted by Gasteiger charge is -2.18. The van der Waals surface area contributed by atoms with Crippen LogP contribution in [0.1, 0.15) is 23.7 Å². The van der Waals surface area contributed by atoms with E-state index >= 15 is 0 Å². The molecule has 0 bridgehead atoms. The number of hydrogen-bond donors (Lipinski definition) is 1. The van der Waals surface area contributed by atoms with Gasteiger partial charge in [-0.3, -0.25) is 4.68 Å². The fourth-order valence-electron chi connectivity index (χ4n) is 2.84. The van der Waals surface area contributed by atoms with Gasteiger partial charge in [0.1, 0.15) is 17.5 Å². The molecule has 0 aliphatic carbocycles. The molecule has 1 atom stereocenters. The Labute approximate surface area is 136 Å². The first kappa shape index (κ1) is 17.4. The number of aromatic nitrogens is 2. The molecule has 0 aliphatic heterocycles. The molecular weight excluding hydrogens is 298 g/mol. The summed E-state index contributed by atoms with van der Waals surface area (Å²) in [6.45, 7) is 4.49. The maximum atomic E-state index is 13.7. The Morgan fingerprint density at radius 2 is 1.83 bits per heavy atom. The van der Waals surface area contributed by atoms with Crippen LogP contribution < -0.4 is 10.2 Å². The molecule has 0 unspecified atom stereocenters. The lowest BCUT2D eigenvalue weighted by atomic mass is 10.1. The van der Waals surface area contributed by atoms with E-state index in [4.69, 9.17) is 0 Å². The normalized spacial score (nSPS) is 12.5. The molecule has 0 aliphatic rings. The Balaban J connectivity index is 2.07. The monoisotopic (exact) mass is 322 g/mol. The Morgan fingerprint density at radius 1 is 1.22 bits per heavy atom. The van der Waals surface area contributed by atoms with Crippen molar-refractivity contribution in [1.82, 2.24) is 15.1 Å². The van der Waals surface area contributed by atoms with Crippen molar-refractivity contribution in [2.45, 2.75) is 32.9 Å². The highest BCUT2D eigenvalue weighted by atomic mass is 19.1. The van der Waals surface area contributed by atoms with Crippen molar-refractivity contribution < 1.29 is 8.78 Å². The molecule has 0 saturated carbocycles. The van der Waals surface area contributed by atoms with Crippen molar-refractivity contribution in [3.63, 3.8) is 0 Å². The molecule has 2 aromatic rings. The first-order chi connectivity index (χ1) is 10.8. The summed E-state index contributed by atoms with van der Waals surface area (Å²) >= 11 is 0. The molecule has 0 radical (unpaired) electrons. The topological polar surface area (TPSA) is 33.1 Å². The zero-order chi connectivity index (χ0) is 17.1. The molecule has 0 fully saturated rings.